The van der Waals surface area contributed by atoms with Crippen molar-refractivity contribution < 1.29 is 18.7 Å². The van der Waals surface area contributed by atoms with E-state index in [4.69, 9.17) is 4.74 Å². The predicted molar refractivity (Wildman–Crippen MR) is 81.4 cm³/mol. The molecule has 1 aromatic rings. The second-order valence-corrected chi connectivity index (χ2v) is 5.51. The topological polar surface area (TPSA) is 55.4 Å². The Balaban J connectivity index is 2.04. The van der Waals surface area contributed by atoms with E-state index in [1.54, 1.807) is 18.2 Å². The molecule has 0 spiro atoms. The molecule has 1 N–H and O–H groups in total. The van der Waals surface area contributed by atoms with Gasteiger partial charge in [0.05, 0.1) is 7.11 Å². The number of benzene rings is 1. The molecule has 4 nitrogen and oxygen atoms in total. The van der Waals surface area contributed by atoms with E-state index in [2.05, 4.69) is 5.32 Å². The van der Waals surface area contributed by atoms with Gasteiger partial charge >= 0.3 is 5.97 Å². The third-order valence-corrected chi connectivity index (χ3v) is 3.94. The van der Waals surface area contributed by atoms with Crippen LogP contribution in [0.3, 0.4) is 0 Å². The Bertz CT molecular complexity index is 560. The molecule has 5 heteroatoms. The van der Waals surface area contributed by atoms with Crippen molar-refractivity contribution in [3.8, 4) is 0 Å². The molecule has 0 saturated heterocycles. The lowest BCUT2D eigenvalue weighted by Crippen LogP contribution is -2.55. The van der Waals surface area contributed by atoms with E-state index < -0.39 is 11.5 Å². The van der Waals surface area contributed by atoms with Gasteiger partial charge in [-0.3, -0.25) is 4.79 Å². The summed E-state index contributed by atoms with van der Waals surface area (Å²) in [5, 5.41) is 2.79. The van der Waals surface area contributed by atoms with Gasteiger partial charge in [0.1, 0.15) is 11.4 Å². The van der Waals surface area contributed by atoms with E-state index in [0.717, 1.165) is 19.3 Å². The first-order valence-electron chi connectivity index (χ1n) is 7.40. The van der Waals surface area contributed by atoms with E-state index in [-0.39, 0.29) is 11.7 Å². The summed E-state index contributed by atoms with van der Waals surface area (Å²) in [5.74, 6) is -1.07. The molecule has 1 aliphatic carbocycles. The van der Waals surface area contributed by atoms with Crippen molar-refractivity contribution >= 4 is 18.0 Å². The third-order valence-electron chi connectivity index (χ3n) is 3.94. The summed E-state index contributed by atoms with van der Waals surface area (Å²) in [7, 11) is 1.33. The van der Waals surface area contributed by atoms with E-state index in [1.165, 1.54) is 25.3 Å². The van der Waals surface area contributed by atoms with Gasteiger partial charge in [0.15, 0.2) is 0 Å². The third kappa shape index (κ3) is 3.93. The molecule has 1 saturated carbocycles. The van der Waals surface area contributed by atoms with E-state index >= 15 is 0 Å². The van der Waals surface area contributed by atoms with Crippen molar-refractivity contribution in [1.82, 2.24) is 5.32 Å². The molecule has 0 aliphatic heterocycles. The number of hydrogen-bond donors (Lipinski definition) is 1. The second kappa shape index (κ2) is 7.20. The molecule has 22 heavy (non-hydrogen) atoms. The van der Waals surface area contributed by atoms with Crippen LogP contribution in [0.2, 0.25) is 0 Å². The lowest BCUT2D eigenvalue weighted by Gasteiger charge is -2.34. The van der Waals surface area contributed by atoms with Crippen LogP contribution in [0.1, 0.15) is 37.7 Å². The van der Waals surface area contributed by atoms with Crippen LogP contribution in [-0.2, 0) is 14.3 Å². The van der Waals surface area contributed by atoms with Gasteiger partial charge in [-0.2, -0.15) is 0 Å². The quantitative estimate of drug-likeness (QED) is 0.687. The SMILES string of the molecule is COC(=O)C1(NC(=O)/C=C/c2ccc(F)cc2)CCCCC1. The summed E-state index contributed by atoms with van der Waals surface area (Å²) >= 11 is 0. The minimum absolute atomic E-state index is 0.326. The molecule has 0 radical (unpaired) electrons. The van der Waals surface area contributed by atoms with Crippen LogP contribution >= 0.6 is 0 Å². The maximum absolute atomic E-state index is 12.8. The highest BCUT2D eigenvalue weighted by atomic mass is 19.1. The van der Waals surface area contributed by atoms with E-state index in [1.807, 2.05) is 0 Å². The smallest absolute Gasteiger partial charge is 0.331 e. The molecule has 0 bridgehead atoms. The fraction of sp³-hybridized carbons (Fsp3) is 0.412. The number of hydrogen-bond acceptors (Lipinski definition) is 3. The monoisotopic (exact) mass is 305 g/mol. The predicted octanol–water partition coefficient (Wildman–Crippen LogP) is 2.83. The van der Waals surface area contributed by atoms with Crippen molar-refractivity contribution in [2.24, 2.45) is 0 Å². The Morgan fingerprint density at radius 1 is 1.18 bits per heavy atom. The van der Waals surface area contributed by atoms with Crippen molar-refractivity contribution in [2.75, 3.05) is 7.11 Å². The van der Waals surface area contributed by atoms with Crippen molar-refractivity contribution in [2.45, 2.75) is 37.6 Å². The zero-order valence-electron chi connectivity index (χ0n) is 12.6. The number of carbonyl (C=O) groups is 2. The zero-order valence-corrected chi connectivity index (χ0v) is 12.6. The van der Waals surface area contributed by atoms with Crippen molar-refractivity contribution in [3.63, 3.8) is 0 Å². The minimum Gasteiger partial charge on any atom is -0.467 e. The first-order valence-corrected chi connectivity index (χ1v) is 7.40. The van der Waals surface area contributed by atoms with Gasteiger partial charge in [-0.15, -0.1) is 0 Å². The molecule has 2 rings (SSSR count). The number of nitrogens with one attached hydrogen (secondary N) is 1. The average molecular weight is 305 g/mol. The fourth-order valence-corrected chi connectivity index (χ4v) is 2.75. The van der Waals surface area contributed by atoms with Gasteiger partial charge in [0, 0.05) is 6.08 Å². The standard InChI is InChI=1S/C17H20FNO3/c1-22-16(21)17(11-3-2-4-12-17)19-15(20)10-7-13-5-8-14(18)9-6-13/h5-10H,2-4,11-12H2,1H3,(H,19,20)/b10-7+. The number of rotatable bonds is 4. The fourth-order valence-electron chi connectivity index (χ4n) is 2.75. The molecular weight excluding hydrogens is 285 g/mol. The maximum atomic E-state index is 12.8. The molecule has 1 amide bonds. The first-order chi connectivity index (χ1) is 10.6. The van der Waals surface area contributed by atoms with Crippen LogP contribution in [0.15, 0.2) is 30.3 Å². The summed E-state index contributed by atoms with van der Waals surface area (Å²) < 4.78 is 17.7. The lowest BCUT2D eigenvalue weighted by atomic mass is 9.81. The van der Waals surface area contributed by atoms with Crippen LogP contribution in [0.25, 0.3) is 6.08 Å². The highest BCUT2D eigenvalue weighted by molar-refractivity contribution is 5.96. The van der Waals surface area contributed by atoms with Gasteiger partial charge in [-0.1, -0.05) is 31.4 Å². The van der Waals surface area contributed by atoms with E-state index in [0.29, 0.717) is 18.4 Å². The van der Waals surface area contributed by atoms with Gasteiger partial charge in [-0.25, -0.2) is 9.18 Å². The normalized spacial score (nSPS) is 17.2. The van der Waals surface area contributed by atoms with Crippen LogP contribution in [0.4, 0.5) is 4.39 Å². The molecule has 0 atom stereocenters. The molecule has 1 aliphatic rings. The van der Waals surface area contributed by atoms with Crippen LogP contribution < -0.4 is 5.32 Å². The summed E-state index contributed by atoms with van der Waals surface area (Å²) in [5.41, 5.74) is -0.204. The molecule has 0 aromatic heterocycles. The molecular formula is C17H20FNO3. The number of ether oxygens (including phenoxy) is 1. The highest BCUT2D eigenvalue weighted by Gasteiger charge is 2.41. The maximum Gasteiger partial charge on any atom is 0.331 e. The summed E-state index contributed by atoms with van der Waals surface area (Å²) in [6.45, 7) is 0. The Kier molecular flexibility index (Phi) is 5.31. The molecule has 1 fully saturated rings. The minimum atomic E-state index is -0.919. The van der Waals surface area contributed by atoms with Gasteiger partial charge in [0.25, 0.3) is 0 Å². The van der Waals surface area contributed by atoms with Crippen LogP contribution in [0.5, 0.6) is 0 Å². The molecule has 0 heterocycles. The van der Waals surface area contributed by atoms with E-state index in [9.17, 15) is 14.0 Å². The second-order valence-electron chi connectivity index (χ2n) is 5.51. The number of halogens is 1. The van der Waals surface area contributed by atoms with Gasteiger partial charge < -0.3 is 10.1 Å². The van der Waals surface area contributed by atoms with Crippen LogP contribution in [-0.4, -0.2) is 24.5 Å². The summed E-state index contributed by atoms with van der Waals surface area (Å²) in [4.78, 5) is 24.1. The Hall–Kier alpha value is -2.17. The summed E-state index contributed by atoms with van der Waals surface area (Å²) in [6.07, 6.45) is 6.95. The number of amides is 1. The van der Waals surface area contributed by atoms with Crippen molar-refractivity contribution in [3.05, 3.63) is 41.7 Å². The molecule has 118 valence electrons. The Morgan fingerprint density at radius 2 is 1.82 bits per heavy atom. The van der Waals surface area contributed by atoms with Crippen LogP contribution in [0, 0.1) is 5.82 Å². The zero-order chi connectivity index (χ0) is 16.0. The van der Waals surface area contributed by atoms with Gasteiger partial charge in [0.2, 0.25) is 5.91 Å². The summed E-state index contributed by atoms with van der Waals surface area (Å²) in [6, 6.07) is 5.81. The Morgan fingerprint density at radius 3 is 2.41 bits per heavy atom. The number of carbonyl (C=O) groups excluding carboxylic acids is 2. The molecule has 0 unspecified atom stereocenters. The highest BCUT2D eigenvalue weighted by Crippen LogP contribution is 2.29. The molecule has 1 aromatic carbocycles. The number of esters is 1. The first kappa shape index (κ1) is 16.2. The number of methoxy groups -OCH3 is 1. The van der Waals surface area contributed by atoms with Gasteiger partial charge in [-0.05, 0) is 36.6 Å². The Labute approximate surface area is 129 Å². The largest absolute Gasteiger partial charge is 0.467 e. The lowest BCUT2D eigenvalue weighted by molar-refractivity contribution is -0.152. The van der Waals surface area contributed by atoms with Crippen molar-refractivity contribution in [1.29, 1.82) is 0 Å². The average Bonchev–Trinajstić information content (AvgIpc) is 2.54.